The van der Waals surface area contributed by atoms with E-state index in [1.807, 2.05) is 24.5 Å². The fourth-order valence-electron chi connectivity index (χ4n) is 3.12. The van der Waals surface area contributed by atoms with Crippen LogP contribution in [-0.4, -0.2) is 27.3 Å². The summed E-state index contributed by atoms with van der Waals surface area (Å²) in [6, 6.07) is 3.73. The molecule has 0 saturated heterocycles. The lowest BCUT2D eigenvalue weighted by Crippen LogP contribution is -2.09. The molecule has 0 saturated carbocycles. The second-order valence-electron chi connectivity index (χ2n) is 5.67. The second-order valence-corrected chi connectivity index (χ2v) is 5.67. The van der Waals surface area contributed by atoms with Crippen molar-refractivity contribution in [1.29, 1.82) is 0 Å². The first kappa shape index (κ1) is 16.5. The van der Waals surface area contributed by atoms with Gasteiger partial charge in [-0.2, -0.15) is 0 Å². The fourth-order valence-corrected chi connectivity index (χ4v) is 3.12. The predicted molar refractivity (Wildman–Crippen MR) is 87.3 cm³/mol. The summed E-state index contributed by atoms with van der Waals surface area (Å²) in [5.41, 5.74) is 9.26. The number of aromatic carboxylic acids is 1. The van der Waals surface area contributed by atoms with Crippen LogP contribution in [0, 0.1) is 6.92 Å². The maximum absolute atomic E-state index is 11.7. The van der Waals surface area contributed by atoms with Crippen LogP contribution < -0.4 is 5.73 Å². The van der Waals surface area contributed by atoms with Crippen LogP contribution >= 0.6 is 0 Å². The highest BCUT2D eigenvalue weighted by molar-refractivity contribution is 6.04. The van der Waals surface area contributed by atoms with Crippen LogP contribution in [0.5, 0.6) is 0 Å². The second kappa shape index (κ2) is 6.50. The monoisotopic (exact) mass is 304 g/mol. The molecule has 0 aliphatic rings. The summed E-state index contributed by atoms with van der Waals surface area (Å²) in [5, 5.41) is 20.6. The van der Waals surface area contributed by atoms with Gasteiger partial charge in [-0.3, -0.25) is 0 Å². The number of fused-ring (bicyclic) bond motifs is 1. The van der Waals surface area contributed by atoms with Crippen LogP contribution in [0.25, 0.3) is 10.9 Å². The number of aliphatic hydroxyl groups is 1. The molecule has 0 aliphatic heterocycles. The van der Waals surface area contributed by atoms with Gasteiger partial charge in [-0.25, -0.2) is 4.79 Å². The van der Waals surface area contributed by atoms with Crippen LogP contribution in [0.15, 0.2) is 12.1 Å². The molecule has 1 heterocycles. The number of hydrogen-bond donors (Lipinski definition) is 3. The van der Waals surface area contributed by atoms with Crippen LogP contribution in [0.4, 0.5) is 0 Å². The Kier molecular flexibility index (Phi) is 4.88. The molecule has 1 unspecified atom stereocenters. The Hall–Kier alpha value is -1.85. The predicted octanol–water partition coefficient (Wildman–Crippen LogP) is 2.61. The summed E-state index contributed by atoms with van der Waals surface area (Å²) < 4.78 is 1.98. The summed E-state index contributed by atoms with van der Waals surface area (Å²) in [5.74, 6) is -0.941. The molecule has 5 nitrogen and oxygen atoms in total. The van der Waals surface area contributed by atoms with E-state index in [-0.39, 0.29) is 0 Å². The van der Waals surface area contributed by atoms with Gasteiger partial charge in [0.2, 0.25) is 0 Å². The molecule has 0 aliphatic carbocycles. The first-order chi connectivity index (χ1) is 10.4. The largest absolute Gasteiger partial charge is 0.478 e. The van der Waals surface area contributed by atoms with E-state index in [1.165, 1.54) is 0 Å². The van der Waals surface area contributed by atoms with Crippen molar-refractivity contribution in [3.05, 3.63) is 34.5 Å². The van der Waals surface area contributed by atoms with Crippen LogP contribution in [0.2, 0.25) is 0 Å². The lowest BCUT2D eigenvalue weighted by atomic mass is 10.00. The molecular formula is C17H24N2O3. The fraction of sp³-hybridized carbons (Fsp3) is 0.471. The van der Waals surface area contributed by atoms with Crippen molar-refractivity contribution >= 4 is 16.9 Å². The maximum Gasteiger partial charge on any atom is 0.337 e. The van der Waals surface area contributed by atoms with Crippen molar-refractivity contribution in [2.45, 2.75) is 46.3 Å². The minimum absolute atomic E-state index is 0.293. The number of carboxylic acids is 1. The molecule has 2 aromatic rings. The molecule has 1 aromatic carbocycles. The molecule has 0 radical (unpaired) electrons. The average molecular weight is 304 g/mol. The van der Waals surface area contributed by atoms with Crippen LogP contribution in [0.3, 0.4) is 0 Å². The summed E-state index contributed by atoms with van der Waals surface area (Å²) in [4.78, 5) is 11.7. The van der Waals surface area contributed by atoms with Gasteiger partial charge in [0.1, 0.15) is 0 Å². The van der Waals surface area contributed by atoms with E-state index in [4.69, 9.17) is 5.73 Å². The van der Waals surface area contributed by atoms with Gasteiger partial charge in [-0.1, -0.05) is 6.92 Å². The van der Waals surface area contributed by atoms with E-state index >= 15 is 0 Å². The van der Waals surface area contributed by atoms with Crippen molar-refractivity contribution in [3.8, 4) is 0 Å². The number of aromatic nitrogens is 1. The smallest absolute Gasteiger partial charge is 0.337 e. The van der Waals surface area contributed by atoms with E-state index in [2.05, 4.69) is 0 Å². The van der Waals surface area contributed by atoms with Crippen molar-refractivity contribution in [2.75, 3.05) is 6.54 Å². The third kappa shape index (κ3) is 2.74. The molecule has 1 atom stereocenters. The molecule has 5 heteroatoms. The zero-order valence-corrected chi connectivity index (χ0v) is 13.4. The minimum Gasteiger partial charge on any atom is -0.478 e. The quantitative estimate of drug-likeness (QED) is 0.765. The van der Waals surface area contributed by atoms with E-state index in [9.17, 15) is 15.0 Å². The number of rotatable bonds is 6. The van der Waals surface area contributed by atoms with Gasteiger partial charge in [0.05, 0.1) is 17.2 Å². The van der Waals surface area contributed by atoms with Gasteiger partial charge >= 0.3 is 5.97 Å². The van der Waals surface area contributed by atoms with Gasteiger partial charge in [0.15, 0.2) is 0 Å². The van der Waals surface area contributed by atoms with Crippen molar-refractivity contribution in [3.63, 3.8) is 0 Å². The first-order valence-electron chi connectivity index (χ1n) is 7.69. The Morgan fingerprint density at radius 2 is 2.09 bits per heavy atom. The summed E-state index contributed by atoms with van der Waals surface area (Å²) >= 11 is 0. The van der Waals surface area contributed by atoms with Gasteiger partial charge in [0, 0.05) is 23.2 Å². The highest BCUT2D eigenvalue weighted by Gasteiger charge is 2.22. The Morgan fingerprint density at radius 3 is 2.59 bits per heavy atom. The molecule has 0 bridgehead atoms. The number of nitrogens with two attached hydrogens (primary N) is 1. The normalized spacial score (nSPS) is 12.8. The van der Waals surface area contributed by atoms with Crippen molar-refractivity contribution in [1.82, 2.24) is 4.57 Å². The van der Waals surface area contributed by atoms with E-state index in [0.717, 1.165) is 35.0 Å². The van der Waals surface area contributed by atoms with E-state index < -0.39 is 12.1 Å². The van der Waals surface area contributed by atoms with Crippen molar-refractivity contribution in [2.24, 2.45) is 5.73 Å². The number of nitrogens with zero attached hydrogens (tertiary/aromatic N) is 1. The number of aliphatic hydroxyl groups excluding tert-OH is 1. The molecule has 1 aromatic heterocycles. The lowest BCUT2D eigenvalue weighted by Gasteiger charge is -2.10. The molecule has 4 N–H and O–H groups in total. The SMILES string of the molecule is CCc1cc(C(=O)O)c2c(c1)c(C(C)O)c(C)n2CCCN. The number of hydrogen-bond acceptors (Lipinski definition) is 3. The third-order valence-electron chi connectivity index (χ3n) is 4.17. The third-order valence-corrected chi connectivity index (χ3v) is 4.17. The zero-order chi connectivity index (χ0) is 16.4. The van der Waals surface area contributed by atoms with Gasteiger partial charge in [-0.15, -0.1) is 0 Å². The molecule has 0 amide bonds. The maximum atomic E-state index is 11.7. The van der Waals surface area contributed by atoms with Crippen molar-refractivity contribution < 1.29 is 15.0 Å². The topological polar surface area (TPSA) is 88.5 Å². The number of carbonyl (C=O) groups is 1. The van der Waals surface area contributed by atoms with E-state index in [0.29, 0.717) is 24.2 Å². The summed E-state index contributed by atoms with van der Waals surface area (Å²) in [6.07, 6.45) is 0.872. The average Bonchev–Trinajstić information content (AvgIpc) is 2.75. The first-order valence-corrected chi connectivity index (χ1v) is 7.69. The highest BCUT2D eigenvalue weighted by atomic mass is 16.4. The lowest BCUT2D eigenvalue weighted by molar-refractivity contribution is 0.0698. The van der Waals surface area contributed by atoms with Crippen LogP contribution in [0.1, 0.15) is 53.6 Å². The molecule has 120 valence electrons. The molecule has 0 spiro atoms. The Bertz CT molecular complexity index is 702. The van der Waals surface area contributed by atoms with Crippen LogP contribution in [-0.2, 0) is 13.0 Å². The van der Waals surface area contributed by atoms with Gasteiger partial charge < -0.3 is 20.5 Å². The summed E-state index contributed by atoms with van der Waals surface area (Å²) in [7, 11) is 0. The van der Waals surface area contributed by atoms with E-state index in [1.54, 1.807) is 13.0 Å². The number of carboxylic acid groups (broad SMARTS) is 1. The zero-order valence-electron chi connectivity index (χ0n) is 13.4. The molecule has 22 heavy (non-hydrogen) atoms. The standard InChI is InChI=1S/C17H24N2O3/c1-4-12-8-13-15(11(3)20)10(2)19(7-5-6-18)16(13)14(9-12)17(21)22/h8-9,11,20H,4-7,18H2,1-3H3,(H,21,22). The van der Waals surface area contributed by atoms with Gasteiger partial charge in [-0.05, 0) is 50.9 Å². The molecular weight excluding hydrogens is 280 g/mol. The number of aryl methyl sites for hydroxylation is 2. The Morgan fingerprint density at radius 1 is 1.41 bits per heavy atom. The number of benzene rings is 1. The molecule has 0 fully saturated rings. The van der Waals surface area contributed by atoms with Gasteiger partial charge in [0.25, 0.3) is 0 Å². The molecule has 2 rings (SSSR count). The Labute approximate surface area is 130 Å². The Balaban J connectivity index is 2.87. The highest BCUT2D eigenvalue weighted by Crippen LogP contribution is 2.34. The minimum atomic E-state index is -0.941. The summed E-state index contributed by atoms with van der Waals surface area (Å²) in [6.45, 7) is 6.83.